The van der Waals surface area contributed by atoms with Crippen LogP contribution in [0.2, 0.25) is 0 Å². The van der Waals surface area contributed by atoms with E-state index in [2.05, 4.69) is 58.4 Å². The first-order valence-corrected chi connectivity index (χ1v) is 8.90. The molecule has 0 bridgehead atoms. The molecular weight excluding hydrogens is 348 g/mol. The summed E-state index contributed by atoms with van der Waals surface area (Å²) in [6.07, 6.45) is 0.976. The molecule has 0 amide bonds. The maximum atomic E-state index is 6.00. The number of nitrogens with one attached hydrogen (secondary N) is 1. The third-order valence-corrected chi connectivity index (χ3v) is 4.76. The van der Waals surface area contributed by atoms with Gasteiger partial charge in [-0.15, -0.1) is 11.3 Å². The molecule has 1 unspecified atom stereocenters. The van der Waals surface area contributed by atoms with Gasteiger partial charge in [0.1, 0.15) is 12.4 Å². The Kier molecular flexibility index (Phi) is 6.21. The lowest BCUT2D eigenvalue weighted by Gasteiger charge is -2.17. The van der Waals surface area contributed by atoms with Gasteiger partial charge in [-0.25, -0.2) is 4.98 Å². The van der Waals surface area contributed by atoms with E-state index >= 15 is 0 Å². The summed E-state index contributed by atoms with van der Waals surface area (Å²) in [5.41, 5.74) is 2.17. The quantitative estimate of drug-likeness (QED) is 0.767. The predicted molar refractivity (Wildman–Crippen MR) is 92.1 cm³/mol. The summed E-state index contributed by atoms with van der Waals surface area (Å²) in [5, 5.41) is 6.65. The molecule has 114 valence electrons. The Hall–Kier alpha value is -0.910. The molecule has 0 fully saturated rings. The highest BCUT2D eigenvalue weighted by Gasteiger charge is 2.12. The largest absolute Gasteiger partial charge is 0.487 e. The fourth-order valence-corrected chi connectivity index (χ4v) is 3.21. The van der Waals surface area contributed by atoms with Gasteiger partial charge in [-0.3, -0.25) is 0 Å². The van der Waals surface area contributed by atoms with Crippen LogP contribution in [-0.4, -0.2) is 11.5 Å². The van der Waals surface area contributed by atoms with Crippen molar-refractivity contribution in [3.63, 3.8) is 0 Å². The minimum atomic E-state index is 0.264. The third-order valence-electron chi connectivity index (χ3n) is 3.23. The summed E-state index contributed by atoms with van der Waals surface area (Å²) >= 11 is 5.21. The van der Waals surface area contributed by atoms with E-state index in [4.69, 9.17) is 4.74 Å². The standard InChI is InChI=1S/C16H21BrN2OS/c1-4-16-19-13(10-21-16)9-20-15-8-12(17)6-7-14(15)11(3)18-5-2/h6-8,10-11,18H,4-5,9H2,1-3H3. The lowest BCUT2D eigenvalue weighted by Crippen LogP contribution is -2.18. The minimum absolute atomic E-state index is 0.264. The topological polar surface area (TPSA) is 34.1 Å². The molecule has 2 aromatic rings. The van der Waals surface area contributed by atoms with Crippen LogP contribution in [0.15, 0.2) is 28.1 Å². The van der Waals surface area contributed by atoms with Crippen LogP contribution in [0.3, 0.4) is 0 Å². The van der Waals surface area contributed by atoms with Crippen molar-refractivity contribution in [1.29, 1.82) is 0 Å². The molecule has 0 radical (unpaired) electrons. The third kappa shape index (κ3) is 4.53. The molecule has 0 aliphatic heterocycles. The van der Waals surface area contributed by atoms with E-state index in [-0.39, 0.29) is 6.04 Å². The lowest BCUT2D eigenvalue weighted by atomic mass is 10.1. The Bertz CT molecular complexity index is 585. The number of nitrogens with zero attached hydrogens (tertiary/aromatic N) is 1. The van der Waals surface area contributed by atoms with Crippen molar-refractivity contribution in [2.75, 3.05) is 6.54 Å². The molecule has 0 spiro atoms. The SMILES string of the molecule is CCNC(C)c1ccc(Br)cc1OCc1csc(CC)n1. The predicted octanol–water partition coefficient (Wildman–Crippen LogP) is 4.72. The smallest absolute Gasteiger partial charge is 0.131 e. The second kappa shape index (κ2) is 7.92. The van der Waals surface area contributed by atoms with Crippen LogP contribution in [-0.2, 0) is 13.0 Å². The number of thiazole rings is 1. The van der Waals surface area contributed by atoms with E-state index in [9.17, 15) is 0 Å². The molecule has 0 aliphatic rings. The molecule has 1 atom stereocenters. The van der Waals surface area contributed by atoms with Gasteiger partial charge < -0.3 is 10.1 Å². The van der Waals surface area contributed by atoms with Gasteiger partial charge in [0.25, 0.3) is 0 Å². The number of ether oxygens (including phenoxy) is 1. The van der Waals surface area contributed by atoms with Gasteiger partial charge in [0.2, 0.25) is 0 Å². The van der Waals surface area contributed by atoms with E-state index in [1.165, 1.54) is 5.56 Å². The average molecular weight is 369 g/mol. The second-order valence-corrected chi connectivity index (χ2v) is 6.69. The van der Waals surface area contributed by atoms with Crippen molar-refractivity contribution in [2.45, 2.75) is 39.8 Å². The Morgan fingerprint density at radius 3 is 2.86 bits per heavy atom. The van der Waals surface area contributed by atoms with E-state index in [1.807, 2.05) is 12.1 Å². The molecule has 1 aromatic heterocycles. The summed E-state index contributed by atoms with van der Waals surface area (Å²) in [4.78, 5) is 4.54. The second-order valence-electron chi connectivity index (χ2n) is 4.84. The Morgan fingerprint density at radius 2 is 2.19 bits per heavy atom. The first kappa shape index (κ1) is 16.5. The molecule has 0 aliphatic carbocycles. The van der Waals surface area contributed by atoms with Gasteiger partial charge in [-0.2, -0.15) is 0 Å². The van der Waals surface area contributed by atoms with Gasteiger partial charge in [0.15, 0.2) is 0 Å². The van der Waals surface area contributed by atoms with E-state index in [0.717, 1.165) is 33.9 Å². The van der Waals surface area contributed by atoms with Crippen molar-refractivity contribution in [3.8, 4) is 5.75 Å². The van der Waals surface area contributed by atoms with Gasteiger partial charge in [0.05, 0.1) is 10.7 Å². The number of benzene rings is 1. The summed E-state index contributed by atoms with van der Waals surface area (Å²) in [7, 11) is 0. The maximum absolute atomic E-state index is 6.00. The van der Waals surface area contributed by atoms with Gasteiger partial charge in [0, 0.05) is 21.5 Å². The highest BCUT2D eigenvalue weighted by molar-refractivity contribution is 9.10. The molecule has 1 heterocycles. The van der Waals surface area contributed by atoms with Crippen LogP contribution in [0, 0.1) is 0 Å². The van der Waals surface area contributed by atoms with E-state index in [1.54, 1.807) is 11.3 Å². The first-order chi connectivity index (χ1) is 10.1. The van der Waals surface area contributed by atoms with Crippen LogP contribution in [0.1, 0.15) is 43.1 Å². The fourth-order valence-electron chi connectivity index (χ4n) is 2.14. The number of hydrogen-bond donors (Lipinski definition) is 1. The molecule has 21 heavy (non-hydrogen) atoms. The molecule has 3 nitrogen and oxygen atoms in total. The molecule has 1 aromatic carbocycles. The summed E-state index contributed by atoms with van der Waals surface area (Å²) in [6.45, 7) is 7.82. The minimum Gasteiger partial charge on any atom is -0.487 e. The first-order valence-electron chi connectivity index (χ1n) is 7.23. The number of rotatable bonds is 7. The zero-order chi connectivity index (χ0) is 15.2. The highest BCUT2D eigenvalue weighted by atomic mass is 79.9. The summed E-state index contributed by atoms with van der Waals surface area (Å²) in [6, 6.07) is 6.44. The molecule has 5 heteroatoms. The van der Waals surface area contributed by atoms with Gasteiger partial charge in [-0.1, -0.05) is 35.8 Å². The fraction of sp³-hybridized carbons (Fsp3) is 0.438. The van der Waals surface area contributed by atoms with E-state index in [0.29, 0.717) is 6.61 Å². The number of hydrogen-bond acceptors (Lipinski definition) is 4. The monoisotopic (exact) mass is 368 g/mol. The zero-order valence-electron chi connectivity index (χ0n) is 12.6. The number of halogens is 1. The molecule has 1 N–H and O–H groups in total. The Morgan fingerprint density at radius 1 is 1.38 bits per heavy atom. The summed E-state index contributed by atoms with van der Waals surface area (Å²) < 4.78 is 7.03. The number of aryl methyl sites for hydroxylation is 1. The number of aromatic nitrogens is 1. The highest BCUT2D eigenvalue weighted by Crippen LogP contribution is 2.29. The van der Waals surface area contributed by atoms with Crippen molar-refractivity contribution >= 4 is 27.3 Å². The van der Waals surface area contributed by atoms with Crippen molar-refractivity contribution < 1.29 is 4.74 Å². The van der Waals surface area contributed by atoms with Crippen LogP contribution in [0.4, 0.5) is 0 Å². The molecular formula is C16H21BrN2OS. The van der Waals surface area contributed by atoms with Crippen LogP contribution < -0.4 is 10.1 Å². The van der Waals surface area contributed by atoms with Crippen LogP contribution in [0.5, 0.6) is 5.75 Å². The summed E-state index contributed by atoms with van der Waals surface area (Å²) in [5.74, 6) is 0.906. The Labute approximate surface area is 138 Å². The normalized spacial score (nSPS) is 12.4. The zero-order valence-corrected chi connectivity index (χ0v) is 15.1. The molecule has 0 saturated heterocycles. The van der Waals surface area contributed by atoms with Gasteiger partial charge >= 0.3 is 0 Å². The average Bonchev–Trinajstić information content (AvgIpc) is 2.93. The van der Waals surface area contributed by atoms with E-state index < -0.39 is 0 Å². The molecule has 2 rings (SSSR count). The van der Waals surface area contributed by atoms with Crippen molar-refractivity contribution in [3.05, 3.63) is 44.3 Å². The lowest BCUT2D eigenvalue weighted by molar-refractivity contribution is 0.295. The van der Waals surface area contributed by atoms with Crippen LogP contribution in [0.25, 0.3) is 0 Å². The van der Waals surface area contributed by atoms with Crippen molar-refractivity contribution in [1.82, 2.24) is 10.3 Å². The molecule has 0 saturated carbocycles. The van der Waals surface area contributed by atoms with Crippen LogP contribution >= 0.6 is 27.3 Å². The van der Waals surface area contributed by atoms with Crippen molar-refractivity contribution in [2.24, 2.45) is 0 Å². The maximum Gasteiger partial charge on any atom is 0.131 e. The Balaban J connectivity index is 2.12. The van der Waals surface area contributed by atoms with Gasteiger partial charge in [-0.05, 0) is 32.0 Å².